The summed E-state index contributed by atoms with van der Waals surface area (Å²) in [6.07, 6.45) is -4.60. The molecule has 2 aromatic heterocycles. The number of carbonyl (C=O) groups is 1. The van der Waals surface area contributed by atoms with Gasteiger partial charge in [-0.2, -0.15) is 18.3 Å². The van der Waals surface area contributed by atoms with Gasteiger partial charge in [-0.05, 0) is 38.0 Å². The quantitative estimate of drug-likeness (QED) is 0.763. The number of carbonyl (C=O) groups excluding carboxylic acids is 1. The first-order valence-corrected chi connectivity index (χ1v) is 7.49. The van der Waals surface area contributed by atoms with Gasteiger partial charge in [0.25, 0.3) is 5.91 Å². The summed E-state index contributed by atoms with van der Waals surface area (Å²) in [4.78, 5) is 16.5. The number of aryl methyl sites for hydroxylation is 3. The van der Waals surface area contributed by atoms with Gasteiger partial charge in [-0.15, -0.1) is 0 Å². The van der Waals surface area contributed by atoms with Crippen LogP contribution in [0.3, 0.4) is 0 Å². The van der Waals surface area contributed by atoms with Crippen molar-refractivity contribution in [1.29, 1.82) is 0 Å². The number of para-hydroxylation sites is 1. The molecule has 2 heterocycles. The minimum atomic E-state index is -4.60. The zero-order valence-electron chi connectivity index (χ0n) is 13.8. The van der Waals surface area contributed by atoms with Crippen molar-refractivity contribution in [3.8, 4) is 0 Å². The lowest BCUT2D eigenvalue weighted by Crippen LogP contribution is -2.16. The Kier molecular flexibility index (Phi) is 3.98. The van der Waals surface area contributed by atoms with Crippen LogP contribution in [0.2, 0.25) is 0 Å². The van der Waals surface area contributed by atoms with Crippen LogP contribution in [0.1, 0.15) is 33.0 Å². The maximum Gasteiger partial charge on any atom is 0.433 e. The number of fused-ring (bicyclic) bond motifs is 1. The highest BCUT2D eigenvalue weighted by atomic mass is 19.4. The standard InChI is InChI=1S/C17H15F3N4O/c1-9-5-4-6-10(2)15(9)22-16(25)12-8-14-21-11(3)7-13(17(18,19)20)24(14)23-12/h4-8H,1-3H3,(H,22,25). The van der Waals surface area contributed by atoms with Crippen molar-refractivity contribution in [2.45, 2.75) is 26.9 Å². The molecule has 3 aromatic rings. The Labute approximate surface area is 141 Å². The predicted octanol–water partition coefficient (Wildman–Crippen LogP) is 3.93. The van der Waals surface area contributed by atoms with Crippen molar-refractivity contribution in [1.82, 2.24) is 14.6 Å². The van der Waals surface area contributed by atoms with E-state index in [4.69, 9.17) is 0 Å². The molecular formula is C17H15F3N4O. The Bertz CT molecular complexity index is 956. The van der Waals surface area contributed by atoms with Gasteiger partial charge in [0.2, 0.25) is 0 Å². The third kappa shape index (κ3) is 3.19. The van der Waals surface area contributed by atoms with Gasteiger partial charge >= 0.3 is 6.18 Å². The summed E-state index contributed by atoms with van der Waals surface area (Å²) < 4.78 is 40.2. The minimum absolute atomic E-state index is 0.0287. The summed E-state index contributed by atoms with van der Waals surface area (Å²) in [6.45, 7) is 5.12. The van der Waals surface area contributed by atoms with Crippen LogP contribution in [0.15, 0.2) is 30.3 Å². The van der Waals surface area contributed by atoms with Gasteiger partial charge in [0.1, 0.15) is 5.69 Å². The number of benzene rings is 1. The topological polar surface area (TPSA) is 59.3 Å². The fraction of sp³-hybridized carbons (Fsp3) is 0.235. The van der Waals surface area contributed by atoms with E-state index in [1.807, 2.05) is 32.0 Å². The number of amides is 1. The fourth-order valence-corrected chi connectivity index (χ4v) is 2.60. The smallest absolute Gasteiger partial charge is 0.320 e. The zero-order chi connectivity index (χ0) is 18.4. The summed E-state index contributed by atoms with van der Waals surface area (Å²) in [5, 5.41) is 6.50. The van der Waals surface area contributed by atoms with Gasteiger partial charge in [-0.3, -0.25) is 4.79 Å². The fourth-order valence-electron chi connectivity index (χ4n) is 2.60. The predicted molar refractivity (Wildman–Crippen MR) is 86.6 cm³/mol. The lowest BCUT2D eigenvalue weighted by atomic mass is 10.1. The summed E-state index contributed by atoms with van der Waals surface area (Å²) in [5.41, 5.74) is 1.38. The molecule has 0 aliphatic carbocycles. The highest BCUT2D eigenvalue weighted by Gasteiger charge is 2.35. The molecule has 8 heteroatoms. The molecule has 0 saturated heterocycles. The van der Waals surface area contributed by atoms with E-state index in [0.717, 1.165) is 17.2 Å². The van der Waals surface area contributed by atoms with Crippen molar-refractivity contribution < 1.29 is 18.0 Å². The first kappa shape index (κ1) is 16.9. The Morgan fingerprint density at radius 3 is 2.36 bits per heavy atom. The van der Waals surface area contributed by atoms with Crippen LogP contribution in [0.4, 0.5) is 18.9 Å². The maximum absolute atomic E-state index is 13.2. The molecule has 25 heavy (non-hydrogen) atoms. The Hall–Kier alpha value is -2.90. The van der Waals surface area contributed by atoms with E-state index >= 15 is 0 Å². The molecule has 1 N–H and O–H groups in total. The number of anilines is 1. The third-order valence-corrected chi connectivity index (χ3v) is 3.80. The van der Waals surface area contributed by atoms with E-state index in [-0.39, 0.29) is 17.0 Å². The molecule has 3 rings (SSSR count). The SMILES string of the molecule is Cc1cc(C(F)(F)F)n2nc(C(=O)Nc3c(C)cccc3C)cc2n1. The van der Waals surface area contributed by atoms with E-state index in [9.17, 15) is 18.0 Å². The number of alkyl halides is 3. The molecule has 5 nitrogen and oxygen atoms in total. The molecule has 0 fully saturated rings. The molecule has 0 unspecified atom stereocenters. The molecule has 1 aromatic carbocycles. The largest absolute Gasteiger partial charge is 0.433 e. The Morgan fingerprint density at radius 1 is 1.12 bits per heavy atom. The average molecular weight is 348 g/mol. The van der Waals surface area contributed by atoms with Crippen LogP contribution in [0.25, 0.3) is 5.65 Å². The van der Waals surface area contributed by atoms with E-state index in [1.165, 1.54) is 13.0 Å². The monoisotopic (exact) mass is 348 g/mol. The average Bonchev–Trinajstić information content (AvgIpc) is 2.92. The van der Waals surface area contributed by atoms with E-state index in [2.05, 4.69) is 15.4 Å². The van der Waals surface area contributed by atoms with Crippen molar-refractivity contribution in [2.24, 2.45) is 0 Å². The third-order valence-electron chi connectivity index (χ3n) is 3.80. The van der Waals surface area contributed by atoms with Gasteiger partial charge in [0.05, 0.1) is 0 Å². The summed E-state index contributed by atoms with van der Waals surface area (Å²) in [7, 11) is 0. The zero-order valence-corrected chi connectivity index (χ0v) is 13.8. The van der Waals surface area contributed by atoms with E-state index in [1.54, 1.807) is 0 Å². The normalized spacial score (nSPS) is 11.8. The molecule has 0 atom stereocenters. The van der Waals surface area contributed by atoms with Gasteiger partial charge < -0.3 is 5.32 Å². The van der Waals surface area contributed by atoms with Crippen molar-refractivity contribution in [3.05, 3.63) is 58.5 Å². The number of nitrogens with zero attached hydrogens (tertiary/aromatic N) is 3. The van der Waals surface area contributed by atoms with Crippen molar-refractivity contribution >= 4 is 17.2 Å². The Morgan fingerprint density at radius 2 is 1.76 bits per heavy atom. The van der Waals surface area contributed by atoms with Crippen LogP contribution in [0.5, 0.6) is 0 Å². The van der Waals surface area contributed by atoms with Crippen LogP contribution < -0.4 is 5.32 Å². The molecule has 0 spiro atoms. The highest BCUT2D eigenvalue weighted by molar-refractivity contribution is 6.04. The molecule has 0 bridgehead atoms. The molecule has 0 radical (unpaired) electrons. The second-order valence-electron chi connectivity index (χ2n) is 5.80. The summed E-state index contributed by atoms with van der Waals surface area (Å²) in [5.74, 6) is -0.589. The van der Waals surface area contributed by atoms with Crippen LogP contribution in [-0.2, 0) is 6.18 Å². The van der Waals surface area contributed by atoms with Gasteiger partial charge in [0.15, 0.2) is 11.3 Å². The summed E-state index contributed by atoms with van der Waals surface area (Å²) in [6, 6.07) is 7.66. The second-order valence-corrected chi connectivity index (χ2v) is 5.80. The molecular weight excluding hydrogens is 333 g/mol. The van der Waals surface area contributed by atoms with Crippen LogP contribution in [-0.4, -0.2) is 20.5 Å². The lowest BCUT2D eigenvalue weighted by Gasteiger charge is -2.10. The number of nitrogens with one attached hydrogen (secondary N) is 1. The van der Waals surface area contributed by atoms with Gasteiger partial charge in [-0.1, -0.05) is 18.2 Å². The first-order valence-electron chi connectivity index (χ1n) is 7.49. The molecule has 0 saturated carbocycles. The second kappa shape index (κ2) is 5.87. The number of rotatable bonds is 2. The van der Waals surface area contributed by atoms with E-state index < -0.39 is 17.8 Å². The van der Waals surface area contributed by atoms with Crippen molar-refractivity contribution in [2.75, 3.05) is 5.32 Å². The summed E-state index contributed by atoms with van der Waals surface area (Å²) >= 11 is 0. The first-order chi connectivity index (χ1) is 11.7. The molecule has 0 aliphatic heterocycles. The minimum Gasteiger partial charge on any atom is -0.320 e. The van der Waals surface area contributed by atoms with Crippen molar-refractivity contribution in [3.63, 3.8) is 0 Å². The highest BCUT2D eigenvalue weighted by Crippen LogP contribution is 2.30. The molecule has 130 valence electrons. The van der Waals surface area contributed by atoms with Crippen LogP contribution in [0, 0.1) is 20.8 Å². The van der Waals surface area contributed by atoms with Gasteiger partial charge in [0, 0.05) is 17.4 Å². The molecule has 1 amide bonds. The Balaban J connectivity index is 2.04. The van der Waals surface area contributed by atoms with Crippen LogP contribution >= 0.6 is 0 Å². The van der Waals surface area contributed by atoms with Gasteiger partial charge in [-0.25, -0.2) is 9.50 Å². The number of aromatic nitrogens is 3. The number of hydrogen-bond acceptors (Lipinski definition) is 3. The number of halogens is 3. The molecule has 0 aliphatic rings. The van der Waals surface area contributed by atoms with E-state index in [0.29, 0.717) is 10.2 Å². The maximum atomic E-state index is 13.2. The number of hydrogen-bond donors (Lipinski definition) is 1. The lowest BCUT2D eigenvalue weighted by molar-refractivity contribution is -0.142.